The van der Waals surface area contributed by atoms with E-state index < -0.39 is 12.1 Å². The van der Waals surface area contributed by atoms with E-state index in [1.807, 2.05) is 13.0 Å². The second-order valence-electron chi connectivity index (χ2n) is 6.14. The Labute approximate surface area is 165 Å². The fourth-order valence-corrected chi connectivity index (χ4v) is 2.51. The molecule has 1 atom stereocenters. The average molecular weight is 383 g/mol. The molecule has 0 aliphatic rings. The second-order valence-corrected chi connectivity index (χ2v) is 6.14. The quantitative estimate of drug-likeness (QED) is 0.516. The minimum Gasteiger partial charge on any atom is -0.493 e. The fraction of sp³-hybridized carbons (Fsp3) is 0.273. The molecule has 148 valence electrons. The van der Waals surface area contributed by atoms with Gasteiger partial charge in [0.1, 0.15) is 0 Å². The van der Waals surface area contributed by atoms with Gasteiger partial charge < -0.3 is 19.1 Å². The first kappa shape index (κ1) is 21.0. The number of likely N-dealkylation sites (N-methyl/N-ethyl adjacent to an activating group) is 1. The zero-order chi connectivity index (χ0) is 20.5. The number of amides is 1. The summed E-state index contributed by atoms with van der Waals surface area (Å²) in [6.45, 7) is 2.42. The third-order valence-corrected chi connectivity index (χ3v) is 3.90. The largest absolute Gasteiger partial charge is 0.493 e. The Hall–Kier alpha value is -3.28. The van der Waals surface area contributed by atoms with Gasteiger partial charge >= 0.3 is 5.97 Å². The van der Waals surface area contributed by atoms with E-state index in [9.17, 15) is 9.59 Å². The standard InChI is InChI=1S/C22H25NO5/c1-5-27-18-13-11-16(15-19(18)26-4)12-14-20(24)28-21(22(25)23(2)3)17-9-7-6-8-10-17/h6-15,21H,5H2,1-4H3/b14-12+/t21-/m1/s1. The molecular formula is C22H25NO5. The van der Waals surface area contributed by atoms with Crippen LogP contribution in [0.1, 0.15) is 24.2 Å². The summed E-state index contributed by atoms with van der Waals surface area (Å²) < 4.78 is 16.2. The summed E-state index contributed by atoms with van der Waals surface area (Å²) in [6, 6.07) is 14.3. The van der Waals surface area contributed by atoms with E-state index >= 15 is 0 Å². The van der Waals surface area contributed by atoms with Gasteiger partial charge in [0.25, 0.3) is 5.91 Å². The van der Waals surface area contributed by atoms with Crippen molar-refractivity contribution in [3.05, 3.63) is 65.7 Å². The number of nitrogens with zero attached hydrogens (tertiary/aromatic N) is 1. The molecule has 2 rings (SSSR count). The lowest BCUT2D eigenvalue weighted by atomic mass is 10.1. The lowest BCUT2D eigenvalue weighted by Crippen LogP contribution is -2.30. The normalized spacial score (nSPS) is 11.7. The molecule has 0 spiro atoms. The molecule has 28 heavy (non-hydrogen) atoms. The van der Waals surface area contributed by atoms with Crippen molar-refractivity contribution in [1.29, 1.82) is 0 Å². The van der Waals surface area contributed by atoms with Crippen molar-refractivity contribution in [1.82, 2.24) is 4.90 Å². The smallest absolute Gasteiger partial charge is 0.331 e. The number of benzene rings is 2. The van der Waals surface area contributed by atoms with E-state index in [0.717, 1.165) is 5.56 Å². The van der Waals surface area contributed by atoms with Gasteiger partial charge in [-0.05, 0) is 30.7 Å². The van der Waals surface area contributed by atoms with Crippen LogP contribution in [-0.4, -0.2) is 44.6 Å². The highest BCUT2D eigenvalue weighted by atomic mass is 16.5. The summed E-state index contributed by atoms with van der Waals surface area (Å²) in [5.74, 6) is 0.278. The van der Waals surface area contributed by atoms with Crippen molar-refractivity contribution >= 4 is 18.0 Å². The van der Waals surface area contributed by atoms with Crippen LogP contribution in [0, 0.1) is 0 Å². The summed E-state index contributed by atoms with van der Waals surface area (Å²) in [5, 5.41) is 0. The van der Waals surface area contributed by atoms with E-state index in [1.54, 1.807) is 69.7 Å². The molecule has 6 nitrogen and oxygen atoms in total. The van der Waals surface area contributed by atoms with Crippen molar-refractivity contribution in [3.8, 4) is 11.5 Å². The van der Waals surface area contributed by atoms with Crippen LogP contribution in [-0.2, 0) is 14.3 Å². The highest BCUT2D eigenvalue weighted by Crippen LogP contribution is 2.28. The van der Waals surface area contributed by atoms with E-state index in [-0.39, 0.29) is 5.91 Å². The predicted octanol–water partition coefficient (Wildman–Crippen LogP) is 3.48. The molecule has 0 fully saturated rings. The molecule has 0 heterocycles. The van der Waals surface area contributed by atoms with Gasteiger partial charge in [0.2, 0.25) is 6.10 Å². The molecule has 0 radical (unpaired) electrons. The lowest BCUT2D eigenvalue weighted by Gasteiger charge is -2.20. The fourth-order valence-electron chi connectivity index (χ4n) is 2.51. The van der Waals surface area contributed by atoms with Gasteiger partial charge in [0.15, 0.2) is 11.5 Å². The van der Waals surface area contributed by atoms with Gasteiger partial charge in [0.05, 0.1) is 13.7 Å². The number of esters is 1. The predicted molar refractivity (Wildman–Crippen MR) is 107 cm³/mol. The van der Waals surface area contributed by atoms with Crippen molar-refractivity contribution in [2.24, 2.45) is 0 Å². The van der Waals surface area contributed by atoms with E-state index in [2.05, 4.69) is 0 Å². The lowest BCUT2D eigenvalue weighted by molar-refractivity contribution is -0.155. The van der Waals surface area contributed by atoms with Crippen molar-refractivity contribution in [2.45, 2.75) is 13.0 Å². The Balaban J connectivity index is 2.15. The second kappa shape index (κ2) is 10.2. The Morgan fingerprint density at radius 3 is 2.39 bits per heavy atom. The Morgan fingerprint density at radius 2 is 1.79 bits per heavy atom. The first-order valence-electron chi connectivity index (χ1n) is 8.92. The Morgan fingerprint density at radius 1 is 1.07 bits per heavy atom. The van der Waals surface area contributed by atoms with Crippen LogP contribution in [0.5, 0.6) is 11.5 Å². The number of methoxy groups -OCH3 is 1. The SMILES string of the molecule is CCOc1ccc(/C=C/C(=O)O[C@@H](C(=O)N(C)C)c2ccccc2)cc1OC. The van der Waals surface area contributed by atoms with Crippen LogP contribution < -0.4 is 9.47 Å². The van der Waals surface area contributed by atoms with Crippen LogP contribution in [0.4, 0.5) is 0 Å². The zero-order valence-corrected chi connectivity index (χ0v) is 16.5. The number of hydrogen-bond donors (Lipinski definition) is 0. The van der Waals surface area contributed by atoms with Gasteiger partial charge in [-0.3, -0.25) is 4.79 Å². The molecule has 0 aliphatic carbocycles. The molecule has 0 unspecified atom stereocenters. The molecule has 6 heteroatoms. The van der Waals surface area contributed by atoms with Gasteiger partial charge in [0, 0.05) is 25.7 Å². The number of carbonyl (C=O) groups is 2. The van der Waals surface area contributed by atoms with Crippen LogP contribution in [0.3, 0.4) is 0 Å². The first-order chi connectivity index (χ1) is 13.5. The molecule has 1 amide bonds. The maximum absolute atomic E-state index is 12.4. The maximum Gasteiger partial charge on any atom is 0.331 e. The minimum absolute atomic E-state index is 0.310. The van der Waals surface area contributed by atoms with Crippen molar-refractivity contribution in [3.63, 3.8) is 0 Å². The van der Waals surface area contributed by atoms with Crippen LogP contribution in [0.15, 0.2) is 54.6 Å². The average Bonchev–Trinajstić information content (AvgIpc) is 2.71. The van der Waals surface area contributed by atoms with Gasteiger partial charge in [-0.15, -0.1) is 0 Å². The zero-order valence-electron chi connectivity index (χ0n) is 16.5. The van der Waals surface area contributed by atoms with Gasteiger partial charge in [-0.25, -0.2) is 4.79 Å². The molecule has 0 aromatic heterocycles. The molecule has 2 aromatic carbocycles. The monoisotopic (exact) mass is 383 g/mol. The third kappa shape index (κ3) is 5.61. The molecule has 0 N–H and O–H groups in total. The summed E-state index contributed by atoms with van der Waals surface area (Å²) >= 11 is 0. The highest BCUT2D eigenvalue weighted by Gasteiger charge is 2.25. The topological polar surface area (TPSA) is 65.1 Å². The molecule has 0 saturated heterocycles. The number of rotatable bonds is 8. The summed E-state index contributed by atoms with van der Waals surface area (Å²) in [6.07, 6.45) is 1.89. The highest BCUT2D eigenvalue weighted by molar-refractivity contribution is 5.91. The van der Waals surface area contributed by atoms with E-state index in [1.165, 1.54) is 11.0 Å². The summed E-state index contributed by atoms with van der Waals surface area (Å²) in [5.41, 5.74) is 1.36. The first-order valence-corrected chi connectivity index (χ1v) is 8.92. The molecule has 0 bridgehead atoms. The molecule has 0 saturated carbocycles. The van der Waals surface area contributed by atoms with Crippen LogP contribution in [0.2, 0.25) is 0 Å². The maximum atomic E-state index is 12.4. The Kier molecular flexibility index (Phi) is 7.63. The number of hydrogen-bond acceptors (Lipinski definition) is 5. The van der Waals surface area contributed by atoms with Crippen molar-refractivity contribution in [2.75, 3.05) is 27.8 Å². The summed E-state index contributed by atoms with van der Waals surface area (Å²) in [4.78, 5) is 26.1. The third-order valence-electron chi connectivity index (χ3n) is 3.90. The van der Waals surface area contributed by atoms with Gasteiger partial charge in [-0.1, -0.05) is 36.4 Å². The van der Waals surface area contributed by atoms with Crippen LogP contribution >= 0.6 is 0 Å². The Bertz CT molecular complexity index is 830. The molecular weight excluding hydrogens is 358 g/mol. The minimum atomic E-state index is -0.997. The van der Waals surface area contributed by atoms with Gasteiger partial charge in [-0.2, -0.15) is 0 Å². The molecule has 0 aliphatic heterocycles. The van der Waals surface area contributed by atoms with E-state index in [4.69, 9.17) is 14.2 Å². The number of carbonyl (C=O) groups excluding carboxylic acids is 2. The molecule has 2 aromatic rings. The van der Waals surface area contributed by atoms with Crippen LogP contribution in [0.25, 0.3) is 6.08 Å². The van der Waals surface area contributed by atoms with E-state index in [0.29, 0.717) is 23.7 Å². The summed E-state index contributed by atoms with van der Waals surface area (Å²) in [7, 11) is 4.79. The van der Waals surface area contributed by atoms with Crippen molar-refractivity contribution < 1.29 is 23.8 Å². The number of ether oxygens (including phenoxy) is 3.